The lowest BCUT2D eigenvalue weighted by molar-refractivity contribution is -0.0622. The average molecular weight is 257 g/mol. The number of unbranched alkanes of at least 4 members (excludes halogenated alkanes) is 2. The standard InChI is InChI=1S/C13H27N3O2/c1-4-6-7-9-11(8-5-2)10-16-13(18)15(3)12(17)14-16/h11,13,18H,4-10H2,1-3H3,(H,14,17). The van der Waals surface area contributed by atoms with Gasteiger partial charge in [0.15, 0.2) is 0 Å². The van der Waals surface area contributed by atoms with Gasteiger partial charge >= 0.3 is 6.03 Å². The molecule has 0 bridgehead atoms. The molecule has 2 unspecified atom stereocenters. The van der Waals surface area contributed by atoms with E-state index in [1.54, 1.807) is 12.1 Å². The van der Waals surface area contributed by atoms with Crippen molar-refractivity contribution in [3.8, 4) is 0 Å². The van der Waals surface area contributed by atoms with Crippen LogP contribution in [0.15, 0.2) is 0 Å². The van der Waals surface area contributed by atoms with Gasteiger partial charge in [-0.05, 0) is 18.8 Å². The molecule has 5 nitrogen and oxygen atoms in total. The molecule has 1 heterocycles. The highest BCUT2D eigenvalue weighted by atomic mass is 16.3. The first-order valence-electron chi connectivity index (χ1n) is 7.08. The Morgan fingerprint density at radius 3 is 2.50 bits per heavy atom. The maximum atomic E-state index is 11.4. The van der Waals surface area contributed by atoms with E-state index in [-0.39, 0.29) is 6.03 Å². The third-order valence-electron chi connectivity index (χ3n) is 3.55. The van der Waals surface area contributed by atoms with Crippen molar-refractivity contribution in [2.45, 2.75) is 58.7 Å². The van der Waals surface area contributed by atoms with Crippen molar-refractivity contribution < 1.29 is 9.90 Å². The van der Waals surface area contributed by atoms with Gasteiger partial charge in [-0.15, -0.1) is 0 Å². The summed E-state index contributed by atoms with van der Waals surface area (Å²) in [4.78, 5) is 12.7. The zero-order valence-corrected chi connectivity index (χ0v) is 11.9. The van der Waals surface area contributed by atoms with E-state index in [1.165, 1.54) is 30.6 Å². The molecule has 1 saturated heterocycles. The number of nitrogens with zero attached hydrogens (tertiary/aromatic N) is 2. The van der Waals surface area contributed by atoms with E-state index in [4.69, 9.17) is 0 Å². The van der Waals surface area contributed by atoms with Gasteiger partial charge in [0.25, 0.3) is 0 Å². The molecule has 0 spiro atoms. The Kier molecular flexibility index (Phi) is 6.43. The maximum absolute atomic E-state index is 11.4. The van der Waals surface area contributed by atoms with Gasteiger partial charge in [-0.1, -0.05) is 39.5 Å². The Balaban J connectivity index is 2.42. The minimum atomic E-state index is -0.831. The van der Waals surface area contributed by atoms with Crippen molar-refractivity contribution in [1.82, 2.24) is 15.3 Å². The second-order valence-corrected chi connectivity index (χ2v) is 5.18. The highest BCUT2D eigenvalue weighted by Gasteiger charge is 2.34. The molecule has 0 saturated carbocycles. The van der Waals surface area contributed by atoms with Gasteiger partial charge in [0.05, 0.1) is 0 Å². The quantitative estimate of drug-likeness (QED) is 0.655. The number of nitrogens with one attached hydrogen (secondary N) is 1. The predicted molar refractivity (Wildman–Crippen MR) is 71.5 cm³/mol. The summed E-state index contributed by atoms with van der Waals surface area (Å²) in [7, 11) is 1.60. The molecule has 2 amide bonds. The van der Waals surface area contributed by atoms with Crippen LogP contribution in [-0.2, 0) is 0 Å². The van der Waals surface area contributed by atoms with Crippen LogP contribution in [0.3, 0.4) is 0 Å². The second kappa shape index (κ2) is 7.59. The minimum absolute atomic E-state index is 0.230. The Hall–Kier alpha value is -0.810. The summed E-state index contributed by atoms with van der Waals surface area (Å²) in [5, 5.41) is 11.5. The molecule has 0 aliphatic carbocycles. The molecule has 1 aliphatic rings. The SMILES string of the molecule is CCCCCC(CCC)CN1NC(=O)N(C)C1O. The lowest BCUT2D eigenvalue weighted by Crippen LogP contribution is -2.42. The van der Waals surface area contributed by atoms with Crippen molar-refractivity contribution in [2.75, 3.05) is 13.6 Å². The van der Waals surface area contributed by atoms with Crippen LogP contribution in [0.5, 0.6) is 0 Å². The smallest absolute Gasteiger partial charge is 0.334 e. The maximum Gasteiger partial charge on any atom is 0.334 e. The second-order valence-electron chi connectivity index (χ2n) is 5.18. The van der Waals surface area contributed by atoms with Crippen molar-refractivity contribution in [3.63, 3.8) is 0 Å². The van der Waals surface area contributed by atoms with Gasteiger partial charge in [-0.2, -0.15) is 5.01 Å². The molecule has 1 aliphatic heterocycles. The van der Waals surface area contributed by atoms with Crippen LogP contribution in [0.2, 0.25) is 0 Å². The number of urea groups is 1. The van der Waals surface area contributed by atoms with Crippen LogP contribution in [0.4, 0.5) is 4.79 Å². The first-order valence-corrected chi connectivity index (χ1v) is 7.08. The number of carbonyl (C=O) groups excluding carboxylic acids is 1. The number of carbonyl (C=O) groups is 1. The summed E-state index contributed by atoms with van der Waals surface area (Å²) < 4.78 is 0. The third-order valence-corrected chi connectivity index (χ3v) is 3.55. The van der Waals surface area contributed by atoms with Crippen LogP contribution in [0.25, 0.3) is 0 Å². The molecule has 18 heavy (non-hydrogen) atoms. The topological polar surface area (TPSA) is 55.8 Å². The number of aliphatic hydroxyl groups excluding tert-OH is 1. The van der Waals surface area contributed by atoms with Crippen molar-refractivity contribution >= 4 is 6.03 Å². The first-order chi connectivity index (χ1) is 8.60. The number of amides is 2. The molecule has 0 aromatic carbocycles. The zero-order chi connectivity index (χ0) is 13.5. The minimum Gasteiger partial charge on any atom is -0.359 e. The first kappa shape index (κ1) is 15.2. The molecule has 0 aromatic rings. The largest absolute Gasteiger partial charge is 0.359 e. The molecular weight excluding hydrogens is 230 g/mol. The third kappa shape index (κ3) is 4.14. The summed E-state index contributed by atoms with van der Waals surface area (Å²) in [5.74, 6) is 0.544. The van der Waals surface area contributed by atoms with Gasteiger partial charge in [0.2, 0.25) is 6.35 Å². The predicted octanol–water partition coefficient (Wildman–Crippen LogP) is 2.13. The van der Waals surface area contributed by atoms with Crippen molar-refractivity contribution in [1.29, 1.82) is 0 Å². The van der Waals surface area contributed by atoms with Crippen molar-refractivity contribution in [3.05, 3.63) is 0 Å². The Morgan fingerprint density at radius 2 is 2.00 bits per heavy atom. The summed E-state index contributed by atoms with van der Waals surface area (Å²) >= 11 is 0. The lowest BCUT2D eigenvalue weighted by atomic mass is 9.96. The zero-order valence-electron chi connectivity index (χ0n) is 11.9. The highest BCUT2D eigenvalue weighted by Crippen LogP contribution is 2.19. The van der Waals surface area contributed by atoms with Crippen LogP contribution in [-0.4, -0.2) is 41.0 Å². The van der Waals surface area contributed by atoms with Crippen LogP contribution in [0, 0.1) is 5.92 Å². The van der Waals surface area contributed by atoms with E-state index >= 15 is 0 Å². The molecule has 1 fully saturated rings. The van der Waals surface area contributed by atoms with Gasteiger partial charge in [-0.25, -0.2) is 4.79 Å². The van der Waals surface area contributed by atoms with Crippen LogP contribution >= 0.6 is 0 Å². The number of aliphatic hydroxyl groups is 1. The van der Waals surface area contributed by atoms with E-state index in [2.05, 4.69) is 19.3 Å². The van der Waals surface area contributed by atoms with E-state index in [1.807, 2.05) is 0 Å². The van der Waals surface area contributed by atoms with Gasteiger partial charge in [0.1, 0.15) is 0 Å². The molecule has 0 aromatic heterocycles. The molecule has 106 valence electrons. The molecule has 5 heteroatoms. The molecule has 2 atom stereocenters. The van der Waals surface area contributed by atoms with E-state index in [0.29, 0.717) is 5.92 Å². The van der Waals surface area contributed by atoms with Gasteiger partial charge in [-0.3, -0.25) is 10.3 Å². The van der Waals surface area contributed by atoms with Crippen LogP contribution in [0.1, 0.15) is 52.4 Å². The number of hydrogen-bond acceptors (Lipinski definition) is 3. The normalized spacial score (nSPS) is 22.3. The monoisotopic (exact) mass is 257 g/mol. The van der Waals surface area contributed by atoms with E-state index in [9.17, 15) is 9.90 Å². The lowest BCUT2D eigenvalue weighted by Gasteiger charge is -2.25. The van der Waals surface area contributed by atoms with Crippen LogP contribution < -0.4 is 5.43 Å². The summed E-state index contributed by atoms with van der Waals surface area (Å²) in [6.07, 6.45) is 6.35. The van der Waals surface area contributed by atoms with Gasteiger partial charge in [0, 0.05) is 13.6 Å². The fourth-order valence-electron chi connectivity index (χ4n) is 2.41. The fraction of sp³-hybridized carbons (Fsp3) is 0.923. The number of hydrazine groups is 1. The van der Waals surface area contributed by atoms with Crippen molar-refractivity contribution in [2.24, 2.45) is 5.92 Å². The Morgan fingerprint density at radius 1 is 1.28 bits per heavy atom. The summed E-state index contributed by atoms with van der Waals surface area (Å²) in [6.45, 7) is 5.11. The van der Waals surface area contributed by atoms with Gasteiger partial charge < -0.3 is 5.11 Å². The van der Waals surface area contributed by atoms with E-state index in [0.717, 1.165) is 19.4 Å². The van der Waals surface area contributed by atoms with E-state index < -0.39 is 6.35 Å². The molecular formula is C13H27N3O2. The highest BCUT2D eigenvalue weighted by molar-refractivity contribution is 5.75. The number of rotatable bonds is 8. The number of hydrogen-bond donors (Lipinski definition) is 2. The fourth-order valence-corrected chi connectivity index (χ4v) is 2.41. The average Bonchev–Trinajstić information content (AvgIpc) is 2.58. The molecule has 2 N–H and O–H groups in total. The Bertz CT molecular complexity index is 261. The summed E-state index contributed by atoms with van der Waals surface area (Å²) in [5.41, 5.74) is 2.70. The molecule has 1 rings (SSSR count). The Labute approximate surface area is 110 Å². The summed E-state index contributed by atoms with van der Waals surface area (Å²) in [6, 6.07) is -0.230. The molecule has 0 radical (unpaired) electrons.